The zero-order valence-electron chi connectivity index (χ0n) is 9.63. The van der Waals surface area contributed by atoms with Crippen molar-refractivity contribution in [2.45, 2.75) is 12.7 Å². The summed E-state index contributed by atoms with van der Waals surface area (Å²) < 4.78 is 43.7. The fourth-order valence-electron chi connectivity index (χ4n) is 1.70. The van der Waals surface area contributed by atoms with Crippen molar-refractivity contribution in [3.63, 3.8) is 0 Å². The first-order valence-electron chi connectivity index (χ1n) is 5.39. The number of alkyl halides is 3. The predicted molar refractivity (Wildman–Crippen MR) is 76.7 cm³/mol. The van der Waals surface area contributed by atoms with Crippen molar-refractivity contribution in [3.8, 4) is 0 Å². The molecule has 1 aromatic carbocycles. The van der Waals surface area contributed by atoms with Crippen LogP contribution in [0.3, 0.4) is 0 Å². The number of halogens is 4. The molecule has 0 atom stereocenters. The summed E-state index contributed by atoms with van der Waals surface area (Å²) in [7, 11) is 0. The normalized spacial score (nSPS) is 12.2. The number of rotatable bonds is 4. The molecule has 1 aromatic heterocycles. The summed E-state index contributed by atoms with van der Waals surface area (Å²) in [6.07, 6.45) is -4.29. The highest BCUT2D eigenvalue weighted by Gasteiger charge is 2.27. The minimum Gasteiger partial charge on any atom is -0.370 e. The molecule has 1 N–H and O–H groups in total. The van der Waals surface area contributed by atoms with E-state index >= 15 is 0 Å². The maximum absolute atomic E-state index is 11.9. The highest BCUT2D eigenvalue weighted by molar-refractivity contribution is 14.1. The van der Waals surface area contributed by atoms with Crippen LogP contribution in [0.1, 0.15) is 0 Å². The molecule has 0 saturated heterocycles. The Bertz CT molecular complexity index is 635. The van der Waals surface area contributed by atoms with Gasteiger partial charge in [0.05, 0.1) is 17.6 Å². The quantitative estimate of drug-likeness (QED) is 0.478. The van der Waals surface area contributed by atoms with Crippen LogP contribution in [0.2, 0.25) is 0 Å². The Labute approximate surface area is 125 Å². The number of nitrogens with zero attached hydrogens (tertiary/aromatic N) is 1. The van der Waals surface area contributed by atoms with E-state index in [-0.39, 0.29) is 13.2 Å². The number of hydrogen-bond donors (Lipinski definition) is 1. The van der Waals surface area contributed by atoms with E-state index in [9.17, 15) is 13.2 Å². The lowest BCUT2D eigenvalue weighted by molar-refractivity contribution is -0.174. The van der Waals surface area contributed by atoms with Crippen molar-refractivity contribution in [3.05, 3.63) is 26.5 Å². The summed E-state index contributed by atoms with van der Waals surface area (Å²) in [5, 5.41) is 0. The van der Waals surface area contributed by atoms with Gasteiger partial charge in [-0.1, -0.05) is 0 Å². The number of aromatic amines is 1. The van der Waals surface area contributed by atoms with E-state index in [4.69, 9.17) is 12.2 Å². The third-order valence-electron chi connectivity index (χ3n) is 2.46. The number of benzene rings is 1. The van der Waals surface area contributed by atoms with E-state index in [0.717, 1.165) is 14.6 Å². The van der Waals surface area contributed by atoms with Crippen LogP contribution < -0.4 is 0 Å². The lowest BCUT2D eigenvalue weighted by atomic mass is 10.3. The van der Waals surface area contributed by atoms with Crippen molar-refractivity contribution in [1.82, 2.24) is 9.55 Å². The Morgan fingerprint density at radius 1 is 1.37 bits per heavy atom. The van der Waals surface area contributed by atoms with Gasteiger partial charge in [-0.05, 0) is 53.0 Å². The molecule has 0 spiro atoms. The van der Waals surface area contributed by atoms with E-state index in [2.05, 4.69) is 32.3 Å². The lowest BCUT2D eigenvalue weighted by Crippen LogP contribution is -2.19. The molecule has 0 aliphatic rings. The molecular formula is C11H10F3IN2OS. The minimum absolute atomic E-state index is 0.0350. The lowest BCUT2D eigenvalue weighted by Gasteiger charge is -2.08. The molecule has 8 heteroatoms. The first kappa shape index (κ1) is 14.8. The van der Waals surface area contributed by atoms with Crippen LogP contribution in [-0.2, 0) is 11.3 Å². The summed E-state index contributed by atoms with van der Waals surface area (Å²) >= 11 is 7.33. The van der Waals surface area contributed by atoms with Crippen LogP contribution in [0.4, 0.5) is 13.2 Å². The Balaban J connectivity index is 2.09. The van der Waals surface area contributed by atoms with Crippen molar-refractivity contribution in [2.24, 2.45) is 0 Å². The molecule has 0 aliphatic carbocycles. The predicted octanol–water partition coefficient (Wildman–Crippen LogP) is 3.88. The molecule has 2 aromatic rings. The number of fused-ring (bicyclic) bond motifs is 1. The molecule has 0 saturated carbocycles. The van der Waals surface area contributed by atoms with E-state index < -0.39 is 12.8 Å². The van der Waals surface area contributed by atoms with Gasteiger partial charge in [-0.3, -0.25) is 0 Å². The number of ether oxygens (including phenoxy) is 1. The van der Waals surface area contributed by atoms with Gasteiger partial charge in [0.15, 0.2) is 4.77 Å². The van der Waals surface area contributed by atoms with E-state index in [0.29, 0.717) is 4.77 Å². The Hall–Kier alpha value is -0.610. The summed E-state index contributed by atoms with van der Waals surface area (Å²) in [4.78, 5) is 3.02. The molecule has 0 bridgehead atoms. The number of imidazole rings is 1. The summed E-state index contributed by atoms with van der Waals surface area (Å²) in [6, 6.07) is 5.73. The van der Waals surface area contributed by atoms with Gasteiger partial charge in [0.1, 0.15) is 6.61 Å². The Morgan fingerprint density at radius 3 is 2.79 bits per heavy atom. The molecule has 0 unspecified atom stereocenters. The van der Waals surface area contributed by atoms with Crippen LogP contribution in [0.15, 0.2) is 18.2 Å². The van der Waals surface area contributed by atoms with Crippen LogP contribution >= 0.6 is 34.8 Å². The van der Waals surface area contributed by atoms with E-state index in [1.54, 1.807) is 4.57 Å². The highest BCUT2D eigenvalue weighted by Crippen LogP contribution is 2.18. The number of H-pyrrole nitrogens is 1. The van der Waals surface area contributed by atoms with Crippen LogP contribution in [0.25, 0.3) is 11.0 Å². The largest absolute Gasteiger partial charge is 0.411 e. The second-order valence-electron chi connectivity index (χ2n) is 3.91. The third kappa shape index (κ3) is 3.93. The SMILES string of the molecule is FC(F)(F)COCCn1c(=S)[nH]c2cc(I)ccc21. The monoisotopic (exact) mass is 402 g/mol. The van der Waals surface area contributed by atoms with Crippen molar-refractivity contribution < 1.29 is 17.9 Å². The third-order valence-corrected chi connectivity index (χ3v) is 3.45. The van der Waals surface area contributed by atoms with Gasteiger partial charge in [0.2, 0.25) is 0 Å². The fraction of sp³-hybridized carbons (Fsp3) is 0.364. The standard InChI is InChI=1S/C11H10F3IN2OS/c12-11(13,14)6-18-4-3-17-9-2-1-7(15)5-8(9)16-10(17)19/h1-2,5H,3-4,6H2,(H,16,19). The van der Waals surface area contributed by atoms with Crippen molar-refractivity contribution in [1.29, 1.82) is 0 Å². The fourth-order valence-corrected chi connectivity index (χ4v) is 2.49. The average molecular weight is 402 g/mol. The van der Waals surface area contributed by atoms with Gasteiger partial charge in [0, 0.05) is 10.1 Å². The Kier molecular flexibility index (Phi) is 4.51. The summed E-state index contributed by atoms with van der Waals surface area (Å²) in [6.45, 7) is -0.983. The van der Waals surface area contributed by atoms with Crippen LogP contribution in [-0.4, -0.2) is 28.9 Å². The molecule has 19 heavy (non-hydrogen) atoms. The molecule has 2 rings (SSSR count). The number of nitrogens with one attached hydrogen (secondary N) is 1. The highest BCUT2D eigenvalue weighted by atomic mass is 127. The molecule has 3 nitrogen and oxygen atoms in total. The second kappa shape index (κ2) is 5.80. The zero-order chi connectivity index (χ0) is 14.0. The minimum atomic E-state index is -4.29. The molecule has 0 aliphatic heterocycles. The maximum atomic E-state index is 11.9. The molecule has 104 valence electrons. The van der Waals surface area contributed by atoms with Gasteiger partial charge >= 0.3 is 6.18 Å². The smallest absolute Gasteiger partial charge is 0.370 e. The van der Waals surface area contributed by atoms with Crippen LogP contribution in [0, 0.1) is 8.34 Å². The molecule has 0 amide bonds. The summed E-state index contributed by atoms with van der Waals surface area (Å²) in [5.74, 6) is 0. The van der Waals surface area contributed by atoms with E-state index in [1.165, 1.54) is 0 Å². The molecule has 1 heterocycles. The van der Waals surface area contributed by atoms with Gasteiger partial charge in [0.25, 0.3) is 0 Å². The van der Waals surface area contributed by atoms with Gasteiger partial charge in [-0.15, -0.1) is 0 Å². The molecular weight excluding hydrogens is 392 g/mol. The second-order valence-corrected chi connectivity index (χ2v) is 5.54. The Morgan fingerprint density at radius 2 is 2.11 bits per heavy atom. The maximum Gasteiger partial charge on any atom is 0.411 e. The average Bonchev–Trinajstić information content (AvgIpc) is 2.58. The molecule has 0 radical (unpaired) electrons. The van der Waals surface area contributed by atoms with Gasteiger partial charge < -0.3 is 14.3 Å². The summed E-state index contributed by atoms with van der Waals surface area (Å²) in [5.41, 5.74) is 1.73. The van der Waals surface area contributed by atoms with E-state index in [1.807, 2.05) is 18.2 Å². The van der Waals surface area contributed by atoms with Crippen molar-refractivity contribution >= 4 is 45.8 Å². The zero-order valence-corrected chi connectivity index (χ0v) is 12.6. The van der Waals surface area contributed by atoms with Gasteiger partial charge in [-0.2, -0.15) is 13.2 Å². The number of hydrogen-bond acceptors (Lipinski definition) is 2. The topological polar surface area (TPSA) is 29.9 Å². The first-order valence-corrected chi connectivity index (χ1v) is 6.88. The van der Waals surface area contributed by atoms with Gasteiger partial charge in [-0.25, -0.2) is 0 Å². The first-order chi connectivity index (χ1) is 8.87. The van der Waals surface area contributed by atoms with Crippen molar-refractivity contribution in [2.75, 3.05) is 13.2 Å². The molecule has 0 fully saturated rings. The number of aromatic nitrogens is 2. The van der Waals surface area contributed by atoms with Crippen LogP contribution in [0.5, 0.6) is 0 Å².